The molecule has 0 spiro atoms. The van der Waals surface area contributed by atoms with Crippen LogP contribution in [0.5, 0.6) is 0 Å². The summed E-state index contributed by atoms with van der Waals surface area (Å²) in [4.78, 5) is 0. The lowest BCUT2D eigenvalue weighted by Crippen LogP contribution is -2.45. The van der Waals surface area contributed by atoms with E-state index < -0.39 is 0 Å². The van der Waals surface area contributed by atoms with E-state index in [2.05, 4.69) is 121 Å². The lowest BCUT2D eigenvalue weighted by molar-refractivity contribution is -0.172. The summed E-state index contributed by atoms with van der Waals surface area (Å²) in [6, 6.07) is 44.4. The average Bonchev–Trinajstić information content (AvgIpc) is 3.19. The Balaban J connectivity index is 0.999. The number of hydrogen-bond donors (Lipinski definition) is 0. The van der Waals surface area contributed by atoms with Crippen LogP contribution in [0.4, 0.5) is 0 Å². The van der Waals surface area contributed by atoms with E-state index >= 15 is 0 Å². The van der Waals surface area contributed by atoms with E-state index in [9.17, 15) is 0 Å². The van der Waals surface area contributed by atoms with E-state index in [-0.39, 0.29) is 48.8 Å². The summed E-state index contributed by atoms with van der Waals surface area (Å²) in [7, 11) is 0. The molecule has 0 aromatic heterocycles. The molecule has 5 aliphatic rings. The minimum absolute atomic E-state index is 0.210. The molecule has 296 valence electrons. The first kappa shape index (κ1) is 38.2. The topological polar surface area (TPSA) is 36.9 Å². The highest BCUT2D eigenvalue weighted by Crippen LogP contribution is 2.42. The van der Waals surface area contributed by atoms with Crippen molar-refractivity contribution in [2.75, 3.05) is 0 Å². The Kier molecular flexibility index (Phi) is 12.7. The molecule has 4 heteroatoms. The van der Waals surface area contributed by atoms with Gasteiger partial charge in [0.25, 0.3) is 0 Å². The third-order valence-electron chi connectivity index (χ3n) is 13.9. The van der Waals surface area contributed by atoms with Gasteiger partial charge < -0.3 is 18.9 Å². The van der Waals surface area contributed by atoms with Crippen LogP contribution >= 0.6 is 0 Å². The predicted octanol–water partition coefficient (Wildman–Crippen LogP) is 11.2. The first-order chi connectivity index (χ1) is 27.6. The Hall–Kier alpha value is -3.28. The third kappa shape index (κ3) is 10.6. The van der Waals surface area contributed by atoms with Gasteiger partial charge in [-0.3, -0.25) is 0 Å². The first-order valence-corrected chi connectivity index (χ1v) is 22.4. The average molecular weight is 753 g/mol. The van der Waals surface area contributed by atoms with Gasteiger partial charge in [0, 0.05) is 0 Å². The molecule has 1 saturated heterocycles. The summed E-state index contributed by atoms with van der Waals surface area (Å²) in [5.41, 5.74) is 5.72. The fourth-order valence-electron chi connectivity index (χ4n) is 11.7. The normalized spacial score (nSPS) is 35.0. The van der Waals surface area contributed by atoms with Crippen LogP contribution in [0.15, 0.2) is 121 Å². The Morgan fingerprint density at radius 2 is 0.429 bits per heavy atom. The molecule has 4 aromatic carbocycles. The Morgan fingerprint density at radius 1 is 0.250 bits per heavy atom. The van der Waals surface area contributed by atoms with Gasteiger partial charge in [0.15, 0.2) is 0 Å². The molecule has 1 aliphatic heterocycles. The van der Waals surface area contributed by atoms with E-state index in [1.807, 2.05) is 0 Å². The molecule has 9 rings (SSSR count). The van der Waals surface area contributed by atoms with Gasteiger partial charge in [0.05, 0.1) is 48.8 Å². The molecule has 56 heavy (non-hydrogen) atoms. The van der Waals surface area contributed by atoms with E-state index in [0.717, 1.165) is 103 Å². The van der Waals surface area contributed by atoms with Crippen molar-refractivity contribution >= 4 is 0 Å². The molecule has 1 heterocycles. The van der Waals surface area contributed by atoms with Crippen LogP contribution in [0.2, 0.25) is 0 Å². The maximum absolute atomic E-state index is 7.35. The Bertz CT molecular complexity index is 1450. The zero-order valence-corrected chi connectivity index (χ0v) is 33.4. The summed E-state index contributed by atoms with van der Waals surface area (Å²) in [5.74, 6) is 2.19. The summed E-state index contributed by atoms with van der Waals surface area (Å²) < 4.78 is 29.4. The number of ether oxygens (including phenoxy) is 4. The summed E-state index contributed by atoms with van der Waals surface area (Å²) in [6.07, 6.45) is 18.9. The molecule has 0 N–H and O–H groups in total. The molecule has 0 amide bonds. The minimum Gasteiger partial charge on any atom is -0.375 e. The van der Waals surface area contributed by atoms with E-state index in [1.165, 1.54) is 22.3 Å². The number of rotatable bonds is 8. The highest BCUT2D eigenvalue weighted by Gasteiger charge is 2.41. The molecule has 8 unspecified atom stereocenters. The van der Waals surface area contributed by atoms with Crippen molar-refractivity contribution < 1.29 is 18.9 Å². The van der Waals surface area contributed by atoms with Crippen molar-refractivity contribution in [1.29, 1.82) is 0 Å². The largest absolute Gasteiger partial charge is 0.375 e. The second-order valence-electron chi connectivity index (χ2n) is 18.6. The highest BCUT2D eigenvalue weighted by atomic mass is 16.5. The molecule has 4 saturated carbocycles. The van der Waals surface area contributed by atoms with Crippen LogP contribution in [0, 0.1) is 23.7 Å². The van der Waals surface area contributed by atoms with Crippen molar-refractivity contribution in [2.45, 2.75) is 152 Å². The molecule has 4 aromatic rings. The predicted molar refractivity (Wildman–Crippen MR) is 225 cm³/mol. The lowest BCUT2D eigenvalue weighted by atomic mass is 9.78. The monoisotopic (exact) mass is 752 g/mol. The second-order valence-corrected chi connectivity index (χ2v) is 18.6. The quantitative estimate of drug-likeness (QED) is 0.180. The highest BCUT2D eigenvalue weighted by molar-refractivity contribution is 5.18. The third-order valence-corrected chi connectivity index (χ3v) is 13.9. The number of fused-ring (bicyclic) bond motifs is 8. The van der Waals surface area contributed by atoms with Gasteiger partial charge in [-0.25, -0.2) is 0 Å². The maximum atomic E-state index is 7.35. The number of hydrogen-bond acceptors (Lipinski definition) is 4. The smallest absolute Gasteiger partial charge is 0.0606 e. The van der Waals surface area contributed by atoms with Crippen LogP contribution in [-0.2, 0) is 44.6 Å². The molecule has 8 bridgehead atoms. The standard InChI is InChI=1S/C52H64O4/c1-5-13-37(14-6-1)21-41-25-45-33-46(26-41)54-48-28-43(23-39-17-9-3-10-18-39)30-50(35-48)56-52-32-44(24-40-19-11-4-12-20-40)31-51(36-52)55-49-29-42(27-47(34-49)53-45)22-38-15-7-2-8-16-38/h1-20,41-52H,21-36H2. The van der Waals surface area contributed by atoms with Crippen molar-refractivity contribution in [2.24, 2.45) is 23.7 Å². The molecular formula is C52H64O4. The van der Waals surface area contributed by atoms with Gasteiger partial charge >= 0.3 is 0 Å². The van der Waals surface area contributed by atoms with Crippen molar-refractivity contribution in [3.8, 4) is 0 Å². The van der Waals surface area contributed by atoms with E-state index in [1.54, 1.807) is 0 Å². The fourth-order valence-corrected chi connectivity index (χ4v) is 11.7. The van der Waals surface area contributed by atoms with Crippen LogP contribution in [0.1, 0.15) is 99.3 Å². The van der Waals surface area contributed by atoms with Gasteiger partial charge in [0.2, 0.25) is 0 Å². The summed E-state index contributed by atoms with van der Waals surface area (Å²) in [5, 5.41) is 0. The van der Waals surface area contributed by atoms with E-state index in [0.29, 0.717) is 23.7 Å². The van der Waals surface area contributed by atoms with Gasteiger partial charge in [-0.2, -0.15) is 0 Å². The zero-order chi connectivity index (χ0) is 37.5. The Labute approximate surface area is 336 Å². The first-order valence-electron chi connectivity index (χ1n) is 22.4. The molecular weight excluding hydrogens is 689 g/mol. The van der Waals surface area contributed by atoms with Crippen LogP contribution in [0.25, 0.3) is 0 Å². The Morgan fingerprint density at radius 3 is 0.607 bits per heavy atom. The van der Waals surface area contributed by atoms with Gasteiger partial charge in [0.1, 0.15) is 0 Å². The molecule has 8 atom stereocenters. The van der Waals surface area contributed by atoms with Crippen LogP contribution in [0.3, 0.4) is 0 Å². The number of benzene rings is 4. The SMILES string of the molecule is c1ccc(CC2CC3CC(C2)OC2CC(Cc4ccccc4)CC(C2)OC2CC(Cc4ccccc4)CC(C2)OC2CC(Cc4ccccc4)CC(C2)O3)cc1. The van der Waals surface area contributed by atoms with Crippen molar-refractivity contribution in [3.05, 3.63) is 144 Å². The fraction of sp³-hybridized carbons (Fsp3) is 0.538. The summed E-state index contributed by atoms with van der Waals surface area (Å²) >= 11 is 0. The molecule has 4 nitrogen and oxygen atoms in total. The maximum Gasteiger partial charge on any atom is 0.0606 e. The molecule has 5 fully saturated rings. The zero-order valence-electron chi connectivity index (χ0n) is 33.4. The lowest BCUT2D eigenvalue weighted by Gasteiger charge is -2.45. The van der Waals surface area contributed by atoms with Gasteiger partial charge in [-0.05, 0) is 149 Å². The van der Waals surface area contributed by atoms with Crippen molar-refractivity contribution in [3.63, 3.8) is 0 Å². The molecule has 0 radical (unpaired) electrons. The molecule has 4 aliphatic carbocycles. The summed E-state index contributed by atoms with van der Waals surface area (Å²) in [6.45, 7) is 0. The van der Waals surface area contributed by atoms with Gasteiger partial charge in [-0.15, -0.1) is 0 Å². The van der Waals surface area contributed by atoms with Crippen LogP contribution in [-0.4, -0.2) is 48.8 Å². The van der Waals surface area contributed by atoms with Crippen molar-refractivity contribution in [1.82, 2.24) is 0 Å². The second kappa shape index (κ2) is 18.5. The van der Waals surface area contributed by atoms with Crippen LogP contribution < -0.4 is 0 Å². The minimum atomic E-state index is 0.210. The van der Waals surface area contributed by atoms with Gasteiger partial charge in [-0.1, -0.05) is 121 Å². The van der Waals surface area contributed by atoms with E-state index in [4.69, 9.17) is 18.9 Å².